The van der Waals surface area contributed by atoms with Crippen LogP contribution in [-0.2, 0) is 15.8 Å². The number of Topliss-reactive ketones (excluding diaryl/α,β-unsaturated/α-hetero) is 1. The van der Waals surface area contributed by atoms with Crippen molar-refractivity contribution in [2.45, 2.75) is 18.3 Å². The maximum absolute atomic E-state index is 14.1. The predicted molar refractivity (Wildman–Crippen MR) is 139 cm³/mol. The van der Waals surface area contributed by atoms with Crippen LogP contribution in [0.4, 0.5) is 18.9 Å². The van der Waals surface area contributed by atoms with E-state index in [9.17, 15) is 27.6 Å². The number of nitrogens with zero attached hydrogens (tertiary/aromatic N) is 2. The van der Waals surface area contributed by atoms with Gasteiger partial charge < -0.3 is 14.4 Å². The maximum atomic E-state index is 14.1. The van der Waals surface area contributed by atoms with Crippen molar-refractivity contribution in [3.63, 3.8) is 0 Å². The number of rotatable bonds is 5. The maximum Gasteiger partial charge on any atom is 0.418 e. The quantitative estimate of drug-likeness (QED) is 0.326. The van der Waals surface area contributed by atoms with Gasteiger partial charge in [-0.2, -0.15) is 13.2 Å². The number of fused-ring (bicyclic) bond motifs is 5. The van der Waals surface area contributed by atoms with Gasteiger partial charge in [0.1, 0.15) is 6.04 Å². The molecule has 2 saturated heterocycles. The molecule has 3 aliphatic heterocycles. The molecule has 4 unspecified atom stereocenters. The summed E-state index contributed by atoms with van der Waals surface area (Å²) in [6.45, 7) is 0. The Morgan fingerprint density at radius 2 is 1.52 bits per heavy atom. The van der Waals surface area contributed by atoms with Crippen molar-refractivity contribution < 1.29 is 37.0 Å². The molecule has 0 saturated carbocycles. The summed E-state index contributed by atoms with van der Waals surface area (Å²) in [5, 5.41) is 0. The van der Waals surface area contributed by atoms with Crippen molar-refractivity contribution in [3.05, 3.63) is 95.2 Å². The summed E-state index contributed by atoms with van der Waals surface area (Å²) in [4.78, 5) is 44.4. The van der Waals surface area contributed by atoms with E-state index in [1.807, 2.05) is 12.1 Å². The van der Waals surface area contributed by atoms with Crippen molar-refractivity contribution in [1.82, 2.24) is 4.90 Å². The van der Waals surface area contributed by atoms with E-state index >= 15 is 0 Å². The molecule has 0 aromatic heterocycles. The lowest BCUT2D eigenvalue weighted by molar-refractivity contribution is -0.137. The molecule has 0 bridgehead atoms. The lowest BCUT2D eigenvalue weighted by Gasteiger charge is -2.35. The van der Waals surface area contributed by atoms with Crippen LogP contribution in [0.15, 0.2) is 72.9 Å². The minimum absolute atomic E-state index is 0.212. The van der Waals surface area contributed by atoms with Crippen LogP contribution >= 0.6 is 0 Å². The summed E-state index contributed by atoms with van der Waals surface area (Å²) in [6.07, 6.45) is -1.31. The van der Waals surface area contributed by atoms with Gasteiger partial charge in [0.2, 0.25) is 11.8 Å². The first-order chi connectivity index (χ1) is 19.2. The van der Waals surface area contributed by atoms with Crippen LogP contribution in [0.25, 0.3) is 6.08 Å². The van der Waals surface area contributed by atoms with Crippen LogP contribution in [0.2, 0.25) is 0 Å². The van der Waals surface area contributed by atoms with E-state index in [4.69, 9.17) is 9.47 Å². The molecule has 3 heterocycles. The highest BCUT2D eigenvalue weighted by atomic mass is 19.4. The fourth-order valence-corrected chi connectivity index (χ4v) is 6.16. The van der Waals surface area contributed by atoms with Crippen LogP contribution in [0, 0.1) is 11.8 Å². The summed E-state index contributed by atoms with van der Waals surface area (Å²) < 4.78 is 52.4. The lowest BCUT2D eigenvalue weighted by Crippen LogP contribution is -2.44. The van der Waals surface area contributed by atoms with E-state index in [-0.39, 0.29) is 5.56 Å². The summed E-state index contributed by atoms with van der Waals surface area (Å²) in [5.41, 5.74) is 0.0951. The number of ketones is 1. The number of para-hydroxylation sites is 1. The Labute approximate surface area is 227 Å². The van der Waals surface area contributed by atoms with Gasteiger partial charge in [-0.25, -0.2) is 4.90 Å². The highest BCUT2D eigenvalue weighted by Gasteiger charge is 2.65. The van der Waals surface area contributed by atoms with Crippen LogP contribution in [0.3, 0.4) is 0 Å². The number of alkyl halides is 3. The third-order valence-corrected chi connectivity index (χ3v) is 7.85. The molecular weight excluding hydrogens is 525 g/mol. The molecule has 6 rings (SSSR count). The number of carbonyl (C=O) groups is 3. The average molecular weight is 549 g/mol. The highest BCUT2D eigenvalue weighted by molar-refractivity contribution is 6.25. The Hall–Kier alpha value is -4.60. The molecule has 0 radical (unpaired) electrons. The predicted octanol–water partition coefficient (Wildman–Crippen LogP) is 5.12. The van der Waals surface area contributed by atoms with Crippen LogP contribution in [-0.4, -0.2) is 42.8 Å². The largest absolute Gasteiger partial charge is 0.493 e. The van der Waals surface area contributed by atoms with Gasteiger partial charge in [0.15, 0.2) is 17.3 Å². The van der Waals surface area contributed by atoms with Crippen molar-refractivity contribution >= 4 is 29.4 Å². The minimum Gasteiger partial charge on any atom is -0.493 e. The third kappa shape index (κ3) is 3.70. The normalized spacial score (nSPS) is 23.1. The van der Waals surface area contributed by atoms with Crippen molar-refractivity contribution in [2.75, 3.05) is 19.1 Å². The zero-order chi connectivity index (χ0) is 28.3. The standard InChI is InChI=1S/C30H23F3N2O5/c1-39-21-12-11-17(15-22(21)40-2)27(36)26-24-23(25-18-8-4-3-7-16(18)13-14-34(25)26)28(37)35(29(24)38)20-10-6-5-9-19(20)30(31,32)33/h3-15,23-26H,1-2H3. The number of ether oxygens (including phenoxy) is 2. The first-order valence-electron chi connectivity index (χ1n) is 12.5. The van der Waals surface area contributed by atoms with Gasteiger partial charge in [-0.15, -0.1) is 0 Å². The number of anilines is 1. The van der Waals surface area contributed by atoms with E-state index in [1.165, 1.54) is 38.5 Å². The zero-order valence-corrected chi connectivity index (χ0v) is 21.4. The molecule has 0 aliphatic carbocycles. The second-order valence-electron chi connectivity index (χ2n) is 9.79. The van der Waals surface area contributed by atoms with E-state index in [0.29, 0.717) is 16.4 Å². The van der Waals surface area contributed by atoms with Crippen molar-refractivity contribution in [2.24, 2.45) is 11.8 Å². The number of benzene rings is 3. The summed E-state index contributed by atoms with van der Waals surface area (Å²) in [5.74, 6) is -3.66. The first kappa shape index (κ1) is 25.7. The molecule has 3 aromatic rings. The number of amides is 2. The van der Waals surface area contributed by atoms with E-state index in [0.717, 1.165) is 23.3 Å². The molecule has 2 amide bonds. The van der Waals surface area contributed by atoms with Gasteiger partial charge in [-0.1, -0.05) is 36.4 Å². The van der Waals surface area contributed by atoms with E-state index in [2.05, 4.69) is 0 Å². The lowest BCUT2D eigenvalue weighted by atomic mass is 9.83. The monoisotopic (exact) mass is 548 g/mol. The van der Waals surface area contributed by atoms with Crippen molar-refractivity contribution in [3.8, 4) is 11.5 Å². The third-order valence-electron chi connectivity index (χ3n) is 7.85. The Bertz CT molecular complexity index is 1580. The minimum atomic E-state index is -4.80. The Balaban J connectivity index is 1.50. The smallest absolute Gasteiger partial charge is 0.418 e. The molecule has 3 aliphatic rings. The van der Waals surface area contributed by atoms with Gasteiger partial charge in [0, 0.05) is 11.8 Å². The number of hydrogen-bond acceptors (Lipinski definition) is 6. The highest BCUT2D eigenvalue weighted by Crippen LogP contribution is 2.54. The summed E-state index contributed by atoms with van der Waals surface area (Å²) in [7, 11) is 2.88. The number of hydrogen-bond donors (Lipinski definition) is 0. The van der Waals surface area contributed by atoms with Gasteiger partial charge in [0.25, 0.3) is 0 Å². The van der Waals surface area contributed by atoms with Gasteiger partial charge in [0.05, 0.1) is 43.3 Å². The fraction of sp³-hybridized carbons (Fsp3) is 0.233. The molecular formula is C30H23F3N2O5. The Morgan fingerprint density at radius 1 is 0.850 bits per heavy atom. The van der Waals surface area contributed by atoms with Crippen molar-refractivity contribution in [1.29, 1.82) is 0 Å². The summed E-state index contributed by atoms with van der Waals surface area (Å²) >= 11 is 0. The van der Waals surface area contributed by atoms with E-state index < -0.39 is 58.9 Å². The molecule has 2 fully saturated rings. The molecule has 204 valence electrons. The molecule has 3 aromatic carbocycles. The van der Waals surface area contributed by atoms with Gasteiger partial charge >= 0.3 is 6.18 Å². The topological polar surface area (TPSA) is 76.2 Å². The van der Waals surface area contributed by atoms with E-state index in [1.54, 1.807) is 35.4 Å². The average Bonchev–Trinajstić information content (AvgIpc) is 3.43. The molecule has 7 nitrogen and oxygen atoms in total. The fourth-order valence-electron chi connectivity index (χ4n) is 6.16. The molecule has 10 heteroatoms. The summed E-state index contributed by atoms with van der Waals surface area (Å²) in [6, 6.07) is 14.5. The zero-order valence-electron chi connectivity index (χ0n) is 21.4. The first-order valence-corrected chi connectivity index (χ1v) is 12.5. The molecule has 0 spiro atoms. The van der Waals surface area contributed by atoms with Crippen LogP contribution in [0.1, 0.15) is 33.1 Å². The number of carbonyl (C=O) groups excluding carboxylic acids is 3. The molecule has 40 heavy (non-hydrogen) atoms. The molecule has 0 N–H and O–H groups in total. The van der Waals surface area contributed by atoms with Gasteiger partial charge in [-0.3, -0.25) is 14.4 Å². The number of halogens is 3. The van der Waals surface area contributed by atoms with Crippen LogP contribution in [0.5, 0.6) is 11.5 Å². The molecule has 4 atom stereocenters. The SMILES string of the molecule is COc1ccc(C(=O)C2C3C(=O)N(c4ccccc4C(F)(F)F)C(=O)C3C3c4ccccc4C=CN23)cc1OC. The Kier molecular flexibility index (Phi) is 5.94. The second kappa shape index (κ2) is 9.25. The number of methoxy groups -OCH3 is 2. The van der Waals surface area contributed by atoms with Gasteiger partial charge in [-0.05, 0) is 47.5 Å². The Morgan fingerprint density at radius 3 is 2.25 bits per heavy atom. The van der Waals surface area contributed by atoms with Crippen LogP contribution < -0.4 is 14.4 Å². The number of imide groups is 1. The second-order valence-corrected chi connectivity index (χ2v) is 9.79.